The summed E-state index contributed by atoms with van der Waals surface area (Å²) in [5.41, 5.74) is 1.91. The minimum Gasteiger partial charge on any atom is -0.475 e. The molecule has 0 aliphatic carbocycles. The van der Waals surface area contributed by atoms with Gasteiger partial charge in [0.2, 0.25) is 5.91 Å². The van der Waals surface area contributed by atoms with Crippen molar-refractivity contribution >= 4 is 23.5 Å². The molecule has 0 saturated carbocycles. The van der Waals surface area contributed by atoms with Crippen molar-refractivity contribution in [3.63, 3.8) is 0 Å². The first-order valence-corrected chi connectivity index (χ1v) is 12.5. The van der Waals surface area contributed by atoms with Crippen molar-refractivity contribution in [1.82, 2.24) is 10.3 Å². The van der Waals surface area contributed by atoms with Crippen LogP contribution in [0.1, 0.15) is 69.1 Å². The Bertz CT molecular complexity index is 1330. The molecule has 0 spiro atoms. The topological polar surface area (TPSA) is 99.6 Å². The van der Waals surface area contributed by atoms with E-state index >= 15 is 0 Å². The first-order chi connectivity index (χ1) is 18.8. The number of aliphatic carboxylic acids is 1. The summed E-state index contributed by atoms with van der Waals surface area (Å²) in [7, 11) is 0. The van der Waals surface area contributed by atoms with Crippen molar-refractivity contribution in [2.24, 2.45) is 0 Å². The summed E-state index contributed by atoms with van der Waals surface area (Å²) in [6.07, 6.45) is -1.88. The first kappa shape index (κ1) is 32.9. The number of alkyl halides is 3. The number of halogens is 4. The molecule has 41 heavy (non-hydrogen) atoms. The maximum atomic E-state index is 13.8. The van der Waals surface area contributed by atoms with Crippen molar-refractivity contribution in [1.29, 1.82) is 0 Å². The van der Waals surface area contributed by atoms with Crippen LogP contribution in [0.25, 0.3) is 0 Å². The molecule has 1 unspecified atom stereocenters. The number of hydrogen-bond donors (Lipinski definition) is 2. The number of hydrogen-bond acceptors (Lipinski definition) is 4. The smallest absolute Gasteiger partial charge is 0.475 e. The van der Waals surface area contributed by atoms with Crippen LogP contribution in [0.5, 0.6) is 0 Å². The molecule has 0 bridgehead atoms. The fraction of sp³-hybridized carbons (Fsp3) is 0.333. The van der Waals surface area contributed by atoms with E-state index < -0.39 is 35.5 Å². The Hall–Kier alpha value is -4.28. The van der Waals surface area contributed by atoms with Crippen molar-refractivity contribution < 1.29 is 37.1 Å². The van der Waals surface area contributed by atoms with E-state index in [2.05, 4.69) is 31.1 Å². The monoisotopic (exact) mass is 575 g/mol. The maximum absolute atomic E-state index is 13.8. The average molecular weight is 576 g/mol. The molecule has 2 N–H and O–H groups in total. The summed E-state index contributed by atoms with van der Waals surface area (Å²) in [6.45, 7) is 12.0. The molecule has 0 aliphatic heterocycles. The van der Waals surface area contributed by atoms with E-state index in [-0.39, 0.29) is 16.9 Å². The van der Waals surface area contributed by atoms with Gasteiger partial charge in [-0.1, -0.05) is 39.0 Å². The van der Waals surface area contributed by atoms with Gasteiger partial charge >= 0.3 is 12.1 Å². The quantitative estimate of drug-likeness (QED) is 0.341. The van der Waals surface area contributed by atoms with Crippen LogP contribution in [0.4, 0.5) is 23.2 Å². The Kier molecular flexibility index (Phi) is 10.4. The van der Waals surface area contributed by atoms with Crippen LogP contribution in [0.2, 0.25) is 0 Å². The zero-order valence-corrected chi connectivity index (χ0v) is 23.6. The van der Waals surface area contributed by atoms with Crippen molar-refractivity contribution in [3.8, 4) is 0 Å². The largest absolute Gasteiger partial charge is 0.490 e. The normalized spacial score (nSPS) is 12.4. The Morgan fingerprint density at radius 3 is 1.83 bits per heavy atom. The highest BCUT2D eigenvalue weighted by atomic mass is 19.4. The lowest BCUT2D eigenvalue weighted by molar-refractivity contribution is -0.192. The van der Waals surface area contributed by atoms with Crippen molar-refractivity contribution in [3.05, 3.63) is 95.6 Å². The number of carboxylic acids is 1. The van der Waals surface area contributed by atoms with E-state index in [9.17, 15) is 27.2 Å². The van der Waals surface area contributed by atoms with E-state index in [1.54, 1.807) is 24.5 Å². The van der Waals surface area contributed by atoms with Gasteiger partial charge in [-0.05, 0) is 74.2 Å². The van der Waals surface area contributed by atoms with Gasteiger partial charge in [0.1, 0.15) is 11.9 Å². The third kappa shape index (κ3) is 9.70. The van der Waals surface area contributed by atoms with Gasteiger partial charge in [-0.2, -0.15) is 13.2 Å². The standard InChI is InChI=1S/C28H32FN3O2.C2HF3O2/c1-27(2,3)21-11-15-23(16-12-21)32(26(34)19-9-13-22(29)14-10-19)24(20-8-7-17-30-18-20)25(33)31-28(4,5)6;3-2(4,5)1(6)7/h7-18,24H,1-6H3,(H,31,33);(H,6,7). The van der Waals surface area contributed by atoms with Gasteiger partial charge in [0.05, 0.1) is 0 Å². The van der Waals surface area contributed by atoms with Gasteiger partial charge in [-0.3, -0.25) is 19.5 Å². The van der Waals surface area contributed by atoms with Crippen LogP contribution in [-0.2, 0) is 15.0 Å². The molecule has 3 rings (SSSR count). The van der Waals surface area contributed by atoms with Gasteiger partial charge < -0.3 is 10.4 Å². The fourth-order valence-electron chi connectivity index (χ4n) is 3.63. The summed E-state index contributed by atoms with van der Waals surface area (Å²) in [5, 5.41) is 10.1. The molecule has 0 saturated heterocycles. The van der Waals surface area contributed by atoms with Crippen molar-refractivity contribution in [2.75, 3.05) is 4.90 Å². The second-order valence-electron chi connectivity index (χ2n) is 11.2. The van der Waals surface area contributed by atoms with Crippen LogP contribution in [0, 0.1) is 5.82 Å². The van der Waals surface area contributed by atoms with Crippen LogP contribution in [0.15, 0.2) is 73.1 Å². The van der Waals surface area contributed by atoms with E-state index in [0.29, 0.717) is 11.3 Å². The van der Waals surface area contributed by atoms with Crippen LogP contribution < -0.4 is 10.2 Å². The van der Waals surface area contributed by atoms with Crippen molar-refractivity contribution in [2.45, 2.75) is 64.7 Å². The van der Waals surface area contributed by atoms with Gasteiger partial charge in [-0.25, -0.2) is 9.18 Å². The van der Waals surface area contributed by atoms with E-state index in [1.165, 1.54) is 29.2 Å². The van der Waals surface area contributed by atoms with E-state index in [0.717, 1.165) is 5.56 Å². The first-order valence-electron chi connectivity index (χ1n) is 12.5. The zero-order valence-electron chi connectivity index (χ0n) is 23.6. The summed E-state index contributed by atoms with van der Waals surface area (Å²) >= 11 is 0. The molecular formula is C30H33F4N3O4. The fourth-order valence-corrected chi connectivity index (χ4v) is 3.63. The second kappa shape index (κ2) is 12.9. The molecule has 11 heteroatoms. The molecule has 0 fully saturated rings. The molecule has 3 aromatic rings. The predicted molar refractivity (Wildman–Crippen MR) is 147 cm³/mol. The highest BCUT2D eigenvalue weighted by Crippen LogP contribution is 2.32. The molecule has 7 nitrogen and oxygen atoms in total. The average Bonchev–Trinajstić information content (AvgIpc) is 2.86. The van der Waals surface area contributed by atoms with Crippen LogP contribution in [0.3, 0.4) is 0 Å². The molecule has 2 amide bonds. The lowest BCUT2D eigenvalue weighted by atomic mass is 9.87. The molecular weight excluding hydrogens is 542 g/mol. The van der Waals surface area contributed by atoms with E-state index in [4.69, 9.17) is 9.90 Å². The minimum absolute atomic E-state index is 0.0727. The van der Waals surface area contributed by atoms with Gasteiger partial charge in [-0.15, -0.1) is 0 Å². The Morgan fingerprint density at radius 1 is 0.878 bits per heavy atom. The Balaban J connectivity index is 0.000000745. The SMILES string of the molecule is CC(C)(C)NC(=O)C(c1cccnc1)N(C(=O)c1ccc(F)cc1)c1ccc(C(C)(C)C)cc1.O=C(O)C(F)(F)F. The Morgan fingerprint density at radius 2 is 1.41 bits per heavy atom. The summed E-state index contributed by atoms with van der Waals surface area (Å²) in [4.78, 5) is 42.0. The molecule has 1 aromatic heterocycles. The number of rotatable bonds is 5. The molecule has 0 radical (unpaired) electrons. The number of pyridine rings is 1. The number of carbonyl (C=O) groups is 3. The zero-order chi connectivity index (χ0) is 31.2. The molecule has 1 atom stereocenters. The number of nitrogens with one attached hydrogen (secondary N) is 1. The van der Waals surface area contributed by atoms with Gasteiger partial charge in [0, 0.05) is 34.7 Å². The highest BCUT2D eigenvalue weighted by Gasteiger charge is 2.38. The number of anilines is 1. The second-order valence-corrected chi connectivity index (χ2v) is 11.2. The molecule has 2 aromatic carbocycles. The third-order valence-electron chi connectivity index (χ3n) is 5.57. The van der Waals surface area contributed by atoms with Crippen LogP contribution >= 0.6 is 0 Å². The number of benzene rings is 2. The van der Waals surface area contributed by atoms with Crippen LogP contribution in [-0.4, -0.2) is 39.6 Å². The maximum Gasteiger partial charge on any atom is 0.490 e. The molecule has 0 aliphatic rings. The van der Waals surface area contributed by atoms with Gasteiger partial charge in [0.15, 0.2) is 0 Å². The summed E-state index contributed by atoms with van der Waals surface area (Å²) < 4.78 is 45.3. The number of aromatic nitrogens is 1. The predicted octanol–water partition coefficient (Wildman–Crippen LogP) is 6.45. The Labute approximate surface area is 236 Å². The number of carbonyl (C=O) groups excluding carboxylic acids is 2. The number of carboxylic acid groups (broad SMARTS) is 1. The third-order valence-corrected chi connectivity index (χ3v) is 5.57. The molecule has 220 valence electrons. The highest BCUT2D eigenvalue weighted by molar-refractivity contribution is 6.10. The minimum atomic E-state index is -5.08. The van der Waals surface area contributed by atoms with E-state index in [1.807, 2.05) is 45.0 Å². The summed E-state index contributed by atoms with van der Waals surface area (Å²) in [5.74, 6) is -3.95. The molecule has 1 heterocycles. The lowest BCUT2D eigenvalue weighted by Crippen LogP contribution is -2.49. The lowest BCUT2D eigenvalue weighted by Gasteiger charge is -2.34. The van der Waals surface area contributed by atoms with Gasteiger partial charge in [0.25, 0.3) is 5.91 Å². The number of nitrogens with zero attached hydrogens (tertiary/aromatic N) is 2. The summed E-state index contributed by atoms with van der Waals surface area (Å²) in [6, 6.07) is 15.5. The number of amides is 2.